The van der Waals surface area contributed by atoms with Crippen molar-refractivity contribution in [2.75, 3.05) is 6.54 Å². The molecule has 0 aliphatic carbocycles. The normalized spacial score (nSPS) is 17.5. The van der Waals surface area contributed by atoms with Gasteiger partial charge < -0.3 is 37.1 Å². The highest BCUT2D eigenvalue weighted by Crippen LogP contribution is 2.22. The van der Waals surface area contributed by atoms with Crippen molar-refractivity contribution in [1.82, 2.24) is 20.5 Å². The zero-order valence-electron chi connectivity index (χ0n) is 22.3. The van der Waals surface area contributed by atoms with E-state index in [1.165, 1.54) is 4.90 Å². The van der Waals surface area contributed by atoms with Crippen LogP contribution in [0.4, 0.5) is 0 Å². The van der Waals surface area contributed by atoms with Crippen LogP contribution in [-0.4, -0.2) is 75.3 Å². The highest BCUT2D eigenvalue weighted by Gasteiger charge is 2.38. The van der Waals surface area contributed by atoms with Gasteiger partial charge in [-0.05, 0) is 49.7 Å². The number of aromatic amines is 1. The van der Waals surface area contributed by atoms with Crippen LogP contribution in [0.1, 0.15) is 51.5 Å². The Morgan fingerprint density at radius 1 is 1.13 bits per heavy atom. The van der Waals surface area contributed by atoms with Gasteiger partial charge in [0.25, 0.3) is 0 Å². The lowest BCUT2D eigenvalue weighted by Crippen LogP contribution is -2.57. The van der Waals surface area contributed by atoms with Crippen LogP contribution in [0.3, 0.4) is 0 Å². The van der Waals surface area contributed by atoms with Crippen molar-refractivity contribution < 1.29 is 29.1 Å². The molecule has 212 valence electrons. The number of carbonyl (C=O) groups excluding carboxylic acids is 4. The SMILES string of the molecule is CC(C)CC(NC(=O)C1CCCN1C(=O)C(N)Cc1c[nH]c2ccccc12)C(=O)NC(CCC(N)=O)C(=O)O. The number of primary amides is 1. The van der Waals surface area contributed by atoms with Crippen molar-refractivity contribution in [1.29, 1.82) is 0 Å². The summed E-state index contributed by atoms with van der Waals surface area (Å²) in [5.74, 6) is -3.51. The summed E-state index contributed by atoms with van der Waals surface area (Å²) >= 11 is 0. The number of amides is 4. The Labute approximate surface area is 226 Å². The zero-order chi connectivity index (χ0) is 28.7. The predicted octanol–water partition coefficient (Wildman–Crippen LogP) is 0.395. The van der Waals surface area contributed by atoms with Gasteiger partial charge in [0.15, 0.2) is 0 Å². The molecule has 12 nitrogen and oxygen atoms in total. The number of nitrogens with two attached hydrogens (primary N) is 2. The Morgan fingerprint density at radius 3 is 2.51 bits per heavy atom. The van der Waals surface area contributed by atoms with Gasteiger partial charge >= 0.3 is 5.97 Å². The Hall–Kier alpha value is -3.93. The number of fused-ring (bicyclic) bond motifs is 1. The first-order valence-corrected chi connectivity index (χ1v) is 13.2. The molecule has 1 fully saturated rings. The minimum Gasteiger partial charge on any atom is -0.480 e. The van der Waals surface area contributed by atoms with Crippen LogP contribution in [0.15, 0.2) is 30.5 Å². The molecule has 1 aliphatic heterocycles. The van der Waals surface area contributed by atoms with E-state index in [-0.39, 0.29) is 31.1 Å². The molecule has 39 heavy (non-hydrogen) atoms. The number of H-pyrrole nitrogens is 1. The fourth-order valence-electron chi connectivity index (χ4n) is 4.93. The monoisotopic (exact) mass is 542 g/mol. The van der Waals surface area contributed by atoms with Gasteiger partial charge in [0.05, 0.1) is 6.04 Å². The van der Waals surface area contributed by atoms with Crippen LogP contribution < -0.4 is 22.1 Å². The fourth-order valence-corrected chi connectivity index (χ4v) is 4.93. The number of para-hydroxylation sites is 1. The van der Waals surface area contributed by atoms with E-state index in [2.05, 4.69) is 15.6 Å². The van der Waals surface area contributed by atoms with Gasteiger partial charge in [-0.2, -0.15) is 0 Å². The molecule has 1 aromatic heterocycles. The van der Waals surface area contributed by atoms with Crippen LogP contribution in [-0.2, 0) is 30.4 Å². The number of rotatable bonds is 13. The Bertz CT molecular complexity index is 1210. The van der Waals surface area contributed by atoms with Crippen LogP contribution in [0.25, 0.3) is 10.9 Å². The highest BCUT2D eigenvalue weighted by atomic mass is 16.4. The number of hydrogen-bond acceptors (Lipinski definition) is 6. The van der Waals surface area contributed by atoms with E-state index in [4.69, 9.17) is 11.5 Å². The van der Waals surface area contributed by atoms with Crippen molar-refractivity contribution in [2.24, 2.45) is 17.4 Å². The van der Waals surface area contributed by atoms with Gasteiger partial charge in [-0.25, -0.2) is 4.79 Å². The molecule has 0 saturated carbocycles. The number of aromatic nitrogens is 1. The molecule has 4 atom stereocenters. The van der Waals surface area contributed by atoms with Gasteiger partial charge in [-0.1, -0.05) is 32.0 Å². The number of carboxylic acids is 1. The number of aliphatic carboxylic acids is 1. The molecular weight excluding hydrogens is 504 g/mol. The maximum Gasteiger partial charge on any atom is 0.326 e. The Balaban J connectivity index is 1.67. The Kier molecular flexibility index (Phi) is 10.0. The van der Waals surface area contributed by atoms with Crippen molar-refractivity contribution in [3.8, 4) is 0 Å². The minimum absolute atomic E-state index is 0.000793. The number of nitrogens with zero attached hydrogens (tertiary/aromatic N) is 1. The largest absolute Gasteiger partial charge is 0.480 e. The first kappa shape index (κ1) is 29.6. The molecule has 8 N–H and O–H groups in total. The molecule has 2 heterocycles. The van der Waals surface area contributed by atoms with Crippen molar-refractivity contribution in [3.63, 3.8) is 0 Å². The molecule has 4 amide bonds. The maximum atomic E-state index is 13.3. The summed E-state index contributed by atoms with van der Waals surface area (Å²) in [7, 11) is 0. The average Bonchev–Trinajstić information content (AvgIpc) is 3.52. The highest BCUT2D eigenvalue weighted by molar-refractivity contribution is 5.95. The van der Waals surface area contributed by atoms with Crippen molar-refractivity contribution in [3.05, 3.63) is 36.0 Å². The molecule has 12 heteroatoms. The van der Waals surface area contributed by atoms with E-state index >= 15 is 0 Å². The van der Waals surface area contributed by atoms with E-state index in [1.807, 2.05) is 44.3 Å². The standard InChI is InChI=1S/C27H38N6O6/c1-15(2)12-21(24(35)31-20(27(38)39)9-10-23(29)34)32-25(36)22-8-5-11-33(22)26(37)18(28)13-16-14-30-19-7-4-3-6-17(16)19/h3-4,6-7,14-15,18,20-22,30H,5,8-13,28H2,1-2H3,(H2,29,34)(H,31,35)(H,32,36)(H,38,39). The number of hydrogen-bond donors (Lipinski definition) is 6. The summed E-state index contributed by atoms with van der Waals surface area (Å²) in [5.41, 5.74) is 13.3. The van der Waals surface area contributed by atoms with Gasteiger partial charge in [0.1, 0.15) is 18.1 Å². The average molecular weight is 543 g/mol. The van der Waals surface area contributed by atoms with Crippen LogP contribution in [0.2, 0.25) is 0 Å². The van der Waals surface area contributed by atoms with Gasteiger partial charge in [-0.15, -0.1) is 0 Å². The van der Waals surface area contributed by atoms with Crippen LogP contribution in [0, 0.1) is 5.92 Å². The summed E-state index contributed by atoms with van der Waals surface area (Å²) in [6, 6.07) is 3.72. The molecule has 3 rings (SSSR count). The first-order valence-electron chi connectivity index (χ1n) is 13.2. The molecular formula is C27H38N6O6. The van der Waals surface area contributed by atoms with Gasteiger partial charge in [-0.3, -0.25) is 19.2 Å². The van der Waals surface area contributed by atoms with Crippen LogP contribution in [0.5, 0.6) is 0 Å². The number of likely N-dealkylation sites (tertiary alicyclic amines) is 1. The van der Waals surface area contributed by atoms with Crippen molar-refractivity contribution >= 4 is 40.5 Å². The molecule has 0 spiro atoms. The quantitative estimate of drug-likeness (QED) is 0.210. The van der Waals surface area contributed by atoms with Crippen LogP contribution >= 0.6 is 0 Å². The van der Waals surface area contributed by atoms with E-state index in [0.29, 0.717) is 25.8 Å². The summed E-state index contributed by atoms with van der Waals surface area (Å²) in [6.45, 7) is 4.10. The third-order valence-corrected chi connectivity index (χ3v) is 6.90. The molecule has 1 saturated heterocycles. The smallest absolute Gasteiger partial charge is 0.326 e. The molecule has 4 unspecified atom stereocenters. The third kappa shape index (κ3) is 7.79. The summed E-state index contributed by atoms with van der Waals surface area (Å²) in [4.78, 5) is 66.9. The zero-order valence-corrected chi connectivity index (χ0v) is 22.3. The molecule has 0 radical (unpaired) electrons. The van der Waals surface area contributed by atoms with Gasteiger partial charge in [0, 0.05) is 30.1 Å². The maximum absolute atomic E-state index is 13.3. The third-order valence-electron chi connectivity index (χ3n) is 6.90. The number of carbonyl (C=O) groups is 5. The second-order valence-corrected chi connectivity index (χ2v) is 10.5. The molecule has 1 aromatic carbocycles. The second-order valence-electron chi connectivity index (χ2n) is 10.5. The number of benzene rings is 1. The second kappa shape index (κ2) is 13.2. The first-order chi connectivity index (χ1) is 18.5. The number of nitrogens with one attached hydrogen (secondary N) is 3. The van der Waals surface area contributed by atoms with Crippen molar-refractivity contribution in [2.45, 2.75) is 76.5 Å². The Morgan fingerprint density at radius 2 is 1.85 bits per heavy atom. The fraction of sp³-hybridized carbons (Fsp3) is 0.519. The summed E-state index contributed by atoms with van der Waals surface area (Å²) in [6.07, 6.45) is 3.03. The molecule has 0 bridgehead atoms. The lowest BCUT2D eigenvalue weighted by Gasteiger charge is -2.29. The number of carboxylic acid groups (broad SMARTS) is 1. The summed E-state index contributed by atoms with van der Waals surface area (Å²) in [5, 5.41) is 15.5. The van der Waals surface area contributed by atoms with E-state index in [0.717, 1.165) is 16.5 Å². The topological polar surface area (TPSA) is 201 Å². The molecule has 2 aromatic rings. The molecule has 1 aliphatic rings. The van der Waals surface area contributed by atoms with Gasteiger partial charge in [0.2, 0.25) is 23.6 Å². The predicted molar refractivity (Wildman–Crippen MR) is 144 cm³/mol. The van der Waals surface area contributed by atoms with E-state index in [1.54, 1.807) is 0 Å². The minimum atomic E-state index is -1.33. The lowest BCUT2D eigenvalue weighted by molar-refractivity contribution is -0.143. The van der Waals surface area contributed by atoms with E-state index in [9.17, 15) is 29.1 Å². The van der Waals surface area contributed by atoms with E-state index < -0.39 is 47.9 Å². The summed E-state index contributed by atoms with van der Waals surface area (Å²) < 4.78 is 0. The lowest BCUT2D eigenvalue weighted by atomic mass is 10.0.